The number of rotatable bonds is 2. The first-order valence-corrected chi connectivity index (χ1v) is 4.74. The van der Waals surface area contributed by atoms with Crippen LogP contribution in [0, 0.1) is 0 Å². The number of hydrogen-bond acceptors (Lipinski definition) is 4. The molecule has 0 aromatic carbocycles. The molecule has 1 N–H and O–H groups in total. The molecule has 0 aliphatic carbocycles. The second-order valence-corrected chi connectivity index (χ2v) is 1.71. The standard InChI is InChI=1S/C5H7N3O2.2C2H6/c1-10-5(9)2-4-3-6-8-7-4;2*1-2/h3H,2H2,1H3,(H,6,7,8);2*1-2H3. The summed E-state index contributed by atoms with van der Waals surface area (Å²) in [5, 5.41) is 9.58. The van der Waals surface area contributed by atoms with E-state index in [0.717, 1.165) is 0 Å². The fourth-order valence-corrected chi connectivity index (χ4v) is 0.531. The van der Waals surface area contributed by atoms with Gasteiger partial charge in [0.05, 0.1) is 25.4 Å². The lowest BCUT2D eigenvalue weighted by atomic mass is 10.3. The summed E-state index contributed by atoms with van der Waals surface area (Å²) in [6.45, 7) is 8.00. The van der Waals surface area contributed by atoms with Crippen LogP contribution in [0.1, 0.15) is 33.4 Å². The van der Waals surface area contributed by atoms with Gasteiger partial charge in [-0.25, -0.2) is 0 Å². The van der Waals surface area contributed by atoms with Crippen molar-refractivity contribution in [3.05, 3.63) is 11.9 Å². The number of hydrogen-bond donors (Lipinski definition) is 1. The van der Waals surface area contributed by atoms with Gasteiger partial charge in [0.1, 0.15) is 0 Å². The van der Waals surface area contributed by atoms with E-state index in [2.05, 4.69) is 20.1 Å². The average Bonchev–Trinajstić information content (AvgIpc) is 2.76. The lowest BCUT2D eigenvalue weighted by molar-refractivity contribution is -0.139. The second kappa shape index (κ2) is 11.6. The van der Waals surface area contributed by atoms with Gasteiger partial charge in [0, 0.05) is 0 Å². The minimum Gasteiger partial charge on any atom is -0.469 e. The summed E-state index contributed by atoms with van der Waals surface area (Å²) in [5.74, 6) is -0.311. The summed E-state index contributed by atoms with van der Waals surface area (Å²) in [5.41, 5.74) is 0.590. The molecule has 1 aromatic rings. The zero-order valence-electron chi connectivity index (χ0n) is 9.50. The van der Waals surface area contributed by atoms with Gasteiger partial charge in [-0.1, -0.05) is 27.7 Å². The van der Waals surface area contributed by atoms with Crippen LogP contribution in [0.3, 0.4) is 0 Å². The number of aromatic amines is 1. The van der Waals surface area contributed by atoms with Gasteiger partial charge in [-0.15, -0.1) is 0 Å². The molecular weight excluding hydrogens is 182 g/mol. The third-order valence-electron chi connectivity index (χ3n) is 1.02. The number of H-pyrrole nitrogens is 1. The molecule has 82 valence electrons. The Kier molecular flexibility index (Phi) is 12.5. The topological polar surface area (TPSA) is 67.9 Å². The van der Waals surface area contributed by atoms with Crippen molar-refractivity contribution >= 4 is 5.97 Å². The van der Waals surface area contributed by atoms with E-state index in [0.29, 0.717) is 5.69 Å². The summed E-state index contributed by atoms with van der Waals surface area (Å²) < 4.78 is 4.40. The molecule has 0 saturated heterocycles. The maximum atomic E-state index is 10.6. The van der Waals surface area contributed by atoms with E-state index in [4.69, 9.17) is 0 Å². The van der Waals surface area contributed by atoms with Crippen molar-refractivity contribution in [2.45, 2.75) is 34.1 Å². The van der Waals surface area contributed by atoms with Gasteiger partial charge >= 0.3 is 5.97 Å². The zero-order valence-corrected chi connectivity index (χ0v) is 9.50. The van der Waals surface area contributed by atoms with Crippen LogP contribution in [0.5, 0.6) is 0 Å². The molecule has 0 saturated carbocycles. The highest BCUT2D eigenvalue weighted by atomic mass is 16.5. The van der Waals surface area contributed by atoms with Crippen molar-refractivity contribution in [3.8, 4) is 0 Å². The van der Waals surface area contributed by atoms with E-state index in [9.17, 15) is 4.79 Å². The highest BCUT2D eigenvalue weighted by molar-refractivity contribution is 5.71. The van der Waals surface area contributed by atoms with E-state index in [-0.39, 0.29) is 12.4 Å². The number of nitrogens with one attached hydrogen (secondary N) is 1. The molecule has 14 heavy (non-hydrogen) atoms. The molecular formula is C9H19N3O2. The molecule has 1 heterocycles. The van der Waals surface area contributed by atoms with Crippen molar-refractivity contribution in [1.82, 2.24) is 15.4 Å². The largest absolute Gasteiger partial charge is 0.469 e. The molecule has 0 aliphatic rings. The summed E-state index contributed by atoms with van der Waals surface area (Å²) >= 11 is 0. The van der Waals surface area contributed by atoms with E-state index < -0.39 is 0 Å². The Bertz CT molecular complexity index is 210. The summed E-state index contributed by atoms with van der Waals surface area (Å²) in [4.78, 5) is 10.6. The summed E-state index contributed by atoms with van der Waals surface area (Å²) in [7, 11) is 1.34. The number of nitrogens with zero attached hydrogens (tertiary/aromatic N) is 2. The quantitative estimate of drug-likeness (QED) is 0.737. The first-order valence-electron chi connectivity index (χ1n) is 4.74. The van der Waals surface area contributed by atoms with Crippen LogP contribution < -0.4 is 0 Å². The van der Waals surface area contributed by atoms with E-state index in [1.165, 1.54) is 13.3 Å². The average molecular weight is 201 g/mol. The number of carbonyl (C=O) groups excluding carboxylic acids is 1. The van der Waals surface area contributed by atoms with E-state index in [1.54, 1.807) is 0 Å². The molecule has 0 unspecified atom stereocenters. The molecule has 0 aliphatic heterocycles. The molecule has 1 rings (SSSR count). The maximum absolute atomic E-state index is 10.6. The van der Waals surface area contributed by atoms with Crippen molar-refractivity contribution in [2.24, 2.45) is 0 Å². The lowest BCUT2D eigenvalue weighted by Gasteiger charge is -1.91. The Labute approximate surface area is 84.9 Å². The second-order valence-electron chi connectivity index (χ2n) is 1.71. The Morgan fingerprint density at radius 2 is 2.00 bits per heavy atom. The van der Waals surface area contributed by atoms with Crippen molar-refractivity contribution in [2.75, 3.05) is 7.11 Å². The van der Waals surface area contributed by atoms with Crippen molar-refractivity contribution in [3.63, 3.8) is 0 Å². The summed E-state index contributed by atoms with van der Waals surface area (Å²) in [6.07, 6.45) is 1.66. The van der Waals surface area contributed by atoms with Gasteiger partial charge in [-0.05, 0) is 0 Å². The molecule has 0 atom stereocenters. The Morgan fingerprint density at radius 3 is 2.36 bits per heavy atom. The molecule has 0 spiro atoms. The van der Waals surface area contributed by atoms with Gasteiger partial charge in [0.15, 0.2) is 0 Å². The molecule has 5 nitrogen and oxygen atoms in total. The fourth-order valence-electron chi connectivity index (χ4n) is 0.531. The highest BCUT2D eigenvalue weighted by Crippen LogP contribution is 1.91. The monoisotopic (exact) mass is 201 g/mol. The number of aromatic nitrogens is 3. The third kappa shape index (κ3) is 7.27. The van der Waals surface area contributed by atoms with Gasteiger partial charge in [0.2, 0.25) is 0 Å². The molecule has 1 aromatic heterocycles. The molecule has 5 heteroatoms. The summed E-state index contributed by atoms with van der Waals surface area (Å²) in [6, 6.07) is 0. The lowest BCUT2D eigenvalue weighted by Crippen LogP contribution is -2.04. The molecule has 0 fully saturated rings. The SMILES string of the molecule is CC.CC.COC(=O)Cc1cn[nH]n1. The van der Waals surface area contributed by atoms with Crippen LogP contribution in [-0.4, -0.2) is 28.5 Å². The van der Waals surface area contributed by atoms with Crippen LogP contribution in [0.4, 0.5) is 0 Å². The van der Waals surface area contributed by atoms with Crippen LogP contribution >= 0.6 is 0 Å². The molecule has 0 bridgehead atoms. The van der Waals surface area contributed by atoms with Crippen LogP contribution in [-0.2, 0) is 16.0 Å². The van der Waals surface area contributed by atoms with Crippen LogP contribution in [0.15, 0.2) is 6.20 Å². The minimum atomic E-state index is -0.311. The zero-order chi connectivity index (χ0) is 11.4. The fraction of sp³-hybridized carbons (Fsp3) is 0.667. The normalized spacial score (nSPS) is 7.50. The van der Waals surface area contributed by atoms with Crippen molar-refractivity contribution in [1.29, 1.82) is 0 Å². The van der Waals surface area contributed by atoms with Gasteiger partial charge in [-0.3, -0.25) is 4.79 Å². The number of methoxy groups -OCH3 is 1. The number of ether oxygens (including phenoxy) is 1. The van der Waals surface area contributed by atoms with Gasteiger partial charge in [0.25, 0.3) is 0 Å². The number of esters is 1. The molecule has 0 amide bonds. The van der Waals surface area contributed by atoms with Crippen molar-refractivity contribution < 1.29 is 9.53 Å². The van der Waals surface area contributed by atoms with Crippen LogP contribution in [0.25, 0.3) is 0 Å². The number of carbonyl (C=O) groups is 1. The first-order chi connectivity index (χ1) is 6.83. The molecule has 0 radical (unpaired) electrons. The predicted molar refractivity (Wildman–Crippen MR) is 54.8 cm³/mol. The first kappa shape index (κ1) is 15.1. The minimum absolute atomic E-state index is 0.174. The highest BCUT2D eigenvalue weighted by Gasteiger charge is 2.03. The third-order valence-corrected chi connectivity index (χ3v) is 1.02. The maximum Gasteiger partial charge on any atom is 0.311 e. The Hall–Kier alpha value is -1.39. The van der Waals surface area contributed by atoms with Crippen LogP contribution in [0.2, 0.25) is 0 Å². The predicted octanol–water partition coefficient (Wildman–Crippen LogP) is 1.57. The Morgan fingerprint density at radius 1 is 1.43 bits per heavy atom. The van der Waals surface area contributed by atoms with Gasteiger partial charge in [-0.2, -0.15) is 15.4 Å². The Balaban J connectivity index is 0. The van der Waals surface area contributed by atoms with E-state index in [1.807, 2.05) is 27.7 Å². The smallest absolute Gasteiger partial charge is 0.311 e. The van der Waals surface area contributed by atoms with Gasteiger partial charge < -0.3 is 4.74 Å². The van der Waals surface area contributed by atoms with E-state index >= 15 is 0 Å².